The molecule has 0 aliphatic heterocycles. The van der Waals surface area contributed by atoms with Crippen LogP contribution in [-0.4, -0.2) is 18.6 Å². The van der Waals surface area contributed by atoms with Gasteiger partial charge in [0.2, 0.25) is 5.91 Å². The Balaban J connectivity index is 2.47. The van der Waals surface area contributed by atoms with Crippen LogP contribution in [0.3, 0.4) is 0 Å². The minimum atomic E-state index is -0.0182. The summed E-state index contributed by atoms with van der Waals surface area (Å²) in [6.45, 7) is 6.06. The van der Waals surface area contributed by atoms with Crippen LogP contribution in [0.5, 0.6) is 5.75 Å². The number of ether oxygens (including phenoxy) is 1. The number of nitrogens with one attached hydrogen (secondary N) is 1. The van der Waals surface area contributed by atoms with Crippen molar-refractivity contribution in [2.75, 3.05) is 6.54 Å². The maximum absolute atomic E-state index is 10.6. The minimum Gasteiger partial charge on any atom is -0.491 e. The summed E-state index contributed by atoms with van der Waals surface area (Å²) in [4.78, 5) is 10.6. The predicted molar refractivity (Wildman–Crippen MR) is 69.9 cm³/mol. The zero-order valence-electron chi connectivity index (χ0n) is 10.6. The monoisotopic (exact) mass is 233 g/mol. The molecule has 0 spiro atoms. The van der Waals surface area contributed by atoms with Gasteiger partial charge in [0.1, 0.15) is 5.75 Å². The average molecular weight is 233 g/mol. The number of amides is 1. The maximum atomic E-state index is 10.6. The SMILES string of the molecule is CC(=O)NCC=Cc1ccc(OC(C)C)cc1. The molecule has 0 radical (unpaired) electrons. The first-order valence-electron chi connectivity index (χ1n) is 5.75. The molecule has 1 aromatic rings. The van der Waals surface area contributed by atoms with E-state index >= 15 is 0 Å². The first-order chi connectivity index (χ1) is 8.08. The Kier molecular flexibility index (Phi) is 5.27. The lowest BCUT2D eigenvalue weighted by molar-refractivity contribution is -0.118. The number of hydrogen-bond acceptors (Lipinski definition) is 2. The highest BCUT2D eigenvalue weighted by Gasteiger charge is 1.96. The van der Waals surface area contributed by atoms with Crippen molar-refractivity contribution in [1.82, 2.24) is 5.32 Å². The molecule has 3 heteroatoms. The van der Waals surface area contributed by atoms with Crippen molar-refractivity contribution in [3.63, 3.8) is 0 Å². The van der Waals surface area contributed by atoms with Crippen molar-refractivity contribution in [3.8, 4) is 5.75 Å². The van der Waals surface area contributed by atoms with Crippen molar-refractivity contribution in [3.05, 3.63) is 35.9 Å². The molecule has 0 atom stereocenters. The first kappa shape index (κ1) is 13.3. The van der Waals surface area contributed by atoms with Gasteiger partial charge in [-0.2, -0.15) is 0 Å². The van der Waals surface area contributed by atoms with E-state index in [-0.39, 0.29) is 12.0 Å². The van der Waals surface area contributed by atoms with Crippen LogP contribution in [0.2, 0.25) is 0 Å². The number of carbonyl (C=O) groups excluding carboxylic acids is 1. The Morgan fingerprint density at radius 2 is 2.00 bits per heavy atom. The third-order valence-corrected chi connectivity index (χ3v) is 2.03. The summed E-state index contributed by atoms with van der Waals surface area (Å²) in [7, 11) is 0. The highest BCUT2D eigenvalue weighted by molar-refractivity contribution is 5.73. The molecule has 0 aliphatic rings. The van der Waals surface area contributed by atoms with Gasteiger partial charge in [-0.15, -0.1) is 0 Å². The van der Waals surface area contributed by atoms with E-state index in [4.69, 9.17) is 4.74 Å². The lowest BCUT2D eigenvalue weighted by Crippen LogP contribution is -2.19. The Morgan fingerprint density at radius 3 is 2.53 bits per heavy atom. The molecule has 17 heavy (non-hydrogen) atoms. The van der Waals surface area contributed by atoms with Gasteiger partial charge in [0.05, 0.1) is 6.10 Å². The molecule has 92 valence electrons. The zero-order chi connectivity index (χ0) is 12.7. The molecule has 0 aromatic heterocycles. The van der Waals surface area contributed by atoms with Crippen molar-refractivity contribution < 1.29 is 9.53 Å². The number of benzene rings is 1. The standard InChI is InChI=1S/C14H19NO2/c1-11(2)17-14-8-6-13(7-9-14)5-4-10-15-12(3)16/h4-9,11H,10H2,1-3H3,(H,15,16). The Bertz CT molecular complexity index is 380. The molecule has 3 nitrogen and oxygen atoms in total. The molecule has 1 amide bonds. The molecule has 0 fully saturated rings. The van der Waals surface area contributed by atoms with E-state index < -0.39 is 0 Å². The molecule has 0 saturated carbocycles. The quantitative estimate of drug-likeness (QED) is 0.849. The summed E-state index contributed by atoms with van der Waals surface area (Å²) in [5.74, 6) is 0.856. The van der Waals surface area contributed by atoms with Gasteiger partial charge < -0.3 is 10.1 Å². The van der Waals surface area contributed by atoms with Gasteiger partial charge in [-0.05, 0) is 31.5 Å². The predicted octanol–water partition coefficient (Wildman–Crippen LogP) is 2.62. The normalized spacial score (nSPS) is 10.8. The van der Waals surface area contributed by atoms with Gasteiger partial charge in [-0.3, -0.25) is 4.79 Å². The number of carbonyl (C=O) groups is 1. The molecule has 1 N–H and O–H groups in total. The lowest BCUT2D eigenvalue weighted by atomic mass is 10.2. The van der Waals surface area contributed by atoms with Crippen LogP contribution >= 0.6 is 0 Å². The second-order valence-electron chi connectivity index (χ2n) is 4.08. The third-order valence-electron chi connectivity index (χ3n) is 2.03. The first-order valence-corrected chi connectivity index (χ1v) is 5.75. The second kappa shape index (κ2) is 6.74. The summed E-state index contributed by atoms with van der Waals surface area (Å²) in [5.41, 5.74) is 1.09. The van der Waals surface area contributed by atoms with Crippen LogP contribution in [0, 0.1) is 0 Å². The molecule has 0 aliphatic carbocycles. The van der Waals surface area contributed by atoms with E-state index in [1.54, 1.807) is 0 Å². The van der Waals surface area contributed by atoms with E-state index in [1.807, 2.05) is 50.3 Å². The maximum Gasteiger partial charge on any atom is 0.217 e. The van der Waals surface area contributed by atoms with Gasteiger partial charge in [0, 0.05) is 13.5 Å². The van der Waals surface area contributed by atoms with E-state index in [9.17, 15) is 4.79 Å². The van der Waals surface area contributed by atoms with Crippen molar-refractivity contribution >= 4 is 12.0 Å². The molecule has 1 aromatic carbocycles. The second-order valence-corrected chi connectivity index (χ2v) is 4.08. The van der Waals surface area contributed by atoms with Gasteiger partial charge in [-0.1, -0.05) is 24.3 Å². The van der Waals surface area contributed by atoms with Crippen LogP contribution in [-0.2, 0) is 4.79 Å². The summed E-state index contributed by atoms with van der Waals surface area (Å²) >= 11 is 0. The van der Waals surface area contributed by atoms with Crippen LogP contribution < -0.4 is 10.1 Å². The summed E-state index contributed by atoms with van der Waals surface area (Å²) < 4.78 is 5.55. The molecular weight excluding hydrogens is 214 g/mol. The molecule has 0 unspecified atom stereocenters. The van der Waals surface area contributed by atoms with Crippen molar-refractivity contribution in [1.29, 1.82) is 0 Å². The fourth-order valence-electron chi connectivity index (χ4n) is 1.33. The number of hydrogen-bond donors (Lipinski definition) is 1. The summed E-state index contributed by atoms with van der Waals surface area (Å²) in [5, 5.41) is 2.70. The minimum absolute atomic E-state index is 0.0182. The zero-order valence-corrected chi connectivity index (χ0v) is 10.6. The Hall–Kier alpha value is -1.77. The molecular formula is C14H19NO2. The third kappa shape index (κ3) is 5.76. The Labute approximate surface area is 102 Å². The largest absolute Gasteiger partial charge is 0.491 e. The molecule has 0 saturated heterocycles. The topological polar surface area (TPSA) is 38.3 Å². The summed E-state index contributed by atoms with van der Waals surface area (Å²) in [6, 6.07) is 7.86. The van der Waals surface area contributed by atoms with E-state index in [1.165, 1.54) is 6.92 Å². The number of rotatable bonds is 5. The van der Waals surface area contributed by atoms with Crippen molar-refractivity contribution in [2.24, 2.45) is 0 Å². The smallest absolute Gasteiger partial charge is 0.217 e. The van der Waals surface area contributed by atoms with E-state index in [0.29, 0.717) is 6.54 Å². The molecule has 0 heterocycles. The van der Waals surface area contributed by atoms with Crippen LogP contribution in [0.15, 0.2) is 30.3 Å². The fraction of sp³-hybridized carbons (Fsp3) is 0.357. The molecule has 1 rings (SSSR count). The molecule has 0 bridgehead atoms. The highest BCUT2D eigenvalue weighted by atomic mass is 16.5. The van der Waals surface area contributed by atoms with Crippen LogP contribution in [0.1, 0.15) is 26.3 Å². The van der Waals surface area contributed by atoms with Crippen LogP contribution in [0.4, 0.5) is 0 Å². The highest BCUT2D eigenvalue weighted by Crippen LogP contribution is 2.14. The van der Waals surface area contributed by atoms with Gasteiger partial charge >= 0.3 is 0 Å². The van der Waals surface area contributed by atoms with Crippen molar-refractivity contribution in [2.45, 2.75) is 26.9 Å². The average Bonchev–Trinajstić information content (AvgIpc) is 2.25. The fourth-order valence-corrected chi connectivity index (χ4v) is 1.33. The Morgan fingerprint density at radius 1 is 1.35 bits per heavy atom. The van der Waals surface area contributed by atoms with Gasteiger partial charge in [0.25, 0.3) is 0 Å². The van der Waals surface area contributed by atoms with Crippen LogP contribution in [0.25, 0.3) is 6.08 Å². The van der Waals surface area contributed by atoms with Gasteiger partial charge in [-0.25, -0.2) is 0 Å². The van der Waals surface area contributed by atoms with Gasteiger partial charge in [0.15, 0.2) is 0 Å². The van der Waals surface area contributed by atoms with E-state index in [2.05, 4.69) is 5.32 Å². The van der Waals surface area contributed by atoms with E-state index in [0.717, 1.165) is 11.3 Å². The summed E-state index contributed by atoms with van der Waals surface area (Å²) in [6.07, 6.45) is 4.07. The lowest BCUT2D eigenvalue weighted by Gasteiger charge is -2.09.